The van der Waals surface area contributed by atoms with Crippen LogP contribution in [0.4, 0.5) is 0 Å². The minimum absolute atomic E-state index is 0.0467. The molecule has 0 radical (unpaired) electrons. The zero-order chi connectivity index (χ0) is 16.8. The van der Waals surface area contributed by atoms with Crippen molar-refractivity contribution in [2.45, 2.75) is 33.8 Å². The van der Waals surface area contributed by atoms with Crippen molar-refractivity contribution in [3.8, 4) is 5.75 Å². The van der Waals surface area contributed by atoms with Gasteiger partial charge in [-0.1, -0.05) is 44.5 Å². The van der Waals surface area contributed by atoms with Crippen LogP contribution >= 0.6 is 11.6 Å². The first-order valence-corrected chi connectivity index (χ1v) is 7.54. The molecule has 1 aromatic rings. The fourth-order valence-corrected chi connectivity index (χ4v) is 1.72. The molecule has 1 rings (SSSR count). The number of para-hydroxylation sites is 1. The second-order valence-corrected chi connectivity index (χ2v) is 6.50. The summed E-state index contributed by atoms with van der Waals surface area (Å²) in [6.07, 6.45) is -0.234. The molecule has 0 bridgehead atoms. The molecule has 1 atom stereocenters. The van der Waals surface area contributed by atoms with Crippen molar-refractivity contribution in [2.75, 3.05) is 13.1 Å². The summed E-state index contributed by atoms with van der Waals surface area (Å²) in [5.41, 5.74) is -0.513. The summed E-state index contributed by atoms with van der Waals surface area (Å²) in [7, 11) is 0. The molecule has 0 aliphatic heterocycles. The lowest BCUT2D eigenvalue weighted by molar-refractivity contribution is -0.131. The largest absolute Gasteiger partial charge is 0.487 e. The Morgan fingerprint density at radius 1 is 1.23 bits per heavy atom. The Balaban J connectivity index is 2.32. The number of carbonyl (C=O) groups excluding carboxylic acids is 2. The van der Waals surface area contributed by atoms with Crippen molar-refractivity contribution in [3.05, 3.63) is 29.3 Å². The van der Waals surface area contributed by atoms with Crippen LogP contribution in [0.15, 0.2) is 24.3 Å². The lowest BCUT2D eigenvalue weighted by Gasteiger charge is -2.18. The number of hydrogen-bond acceptors (Lipinski definition) is 3. The Hall–Kier alpha value is -1.75. The number of nitrogens with one attached hydrogen (secondary N) is 2. The van der Waals surface area contributed by atoms with Gasteiger partial charge in [-0.05, 0) is 19.1 Å². The number of amides is 2. The van der Waals surface area contributed by atoms with E-state index in [-0.39, 0.29) is 24.5 Å². The molecular weight excluding hydrogens is 304 g/mol. The zero-order valence-electron chi connectivity index (χ0n) is 13.4. The fraction of sp³-hybridized carbons (Fsp3) is 0.500. The first-order chi connectivity index (χ1) is 10.2. The van der Waals surface area contributed by atoms with E-state index in [2.05, 4.69) is 10.6 Å². The summed E-state index contributed by atoms with van der Waals surface area (Å²) in [6, 6.07) is 7.16. The maximum atomic E-state index is 11.7. The lowest BCUT2D eigenvalue weighted by atomic mass is 9.96. The monoisotopic (exact) mass is 326 g/mol. The molecule has 0 aliphatic carbocycles. The van der Waals surface area contributed by atoms with Gasteiger partial charge in [0.1, 0.15) is 11.9 Å². The second-order valence-electron chi connectivity index (χ2n) is 6.10. The highest BCUT2D eigenvalue weighted by molar-refractivity contribution is 6.32. The number of benzene rings is 1. The van der Waals surface area contributed by atoms with Crippen molar-refractivity contribution in [1.29, 1.82) is 0 Å². The molecule has 0 saturated heterocycles. The van der Waals surface area contributed by atoms with E-state index in [1.165, 1.54) is 0 Å². The van der Waals surface area contributed by atoms with Crippen LogP contribution in [0.1, 0.15) is 27.7 Å². The zero-order valence-corrected chi connectivity index (χ0v) is 14.2. The van der Waals surface area contributed by atoms with Gasteiger partial charge in [-0.3, -0.25) is 9.59 Å². The highest BCUT2D eigenvalue weighted by atomic mass is 35.5. The van der Waals surface area contributed by atoms with Gasteiger partial charge in [0, 0.05) is 5.41 Å². The SMILES string of the molecule is C[C@@H](CNC(=O)CNC(=O)C(C)(C)C)Oc1ccccc1Cl. The minimum Gasteiger partial charge on any atom is -0.487 e. The summed E-state index contributed by atoms with van der Waals surface area (Å²) < 4.78 is 5.64. The third-order valence-electron chi connectivity index (χ3n) is 2.84. The van der Waals surface area contributed by atoms with Crippen LogP contribution in [0, 0.1) is 5.41 Å². The molecule has 0 heterocycles. The highest BCUT2D eigenvalue weighted by Crippen LogP contribution is 2.23. The molecular formula is C16H23ClN2O3. The molecule has 0 saturated carbocycles. The van der Waals surface area contributed by atoms with Gasteiger partial charge in [-0.15, -0.1) is 0 Å². The number of halogens is 1. The number of rotatable bonds is 6. The van der Waals surface area contributed by atoms with E-state index < -0.39 is 5.41 Å². The quantitative estimate of drug-likeness (QED) is 0.843. The van der Waals surface area contributed by atoms with E-state index in [0.29, 0.717) is 17.3 Å². The van der Waals surface area contributed by atoms with Gasteiger partial charge >= 0.3 is 0 Å². The first-order valence-electron chi connectivity index (χ1n) is 7.16. The predicted octanol–water partition coefficient (Wildman–Crippen LogP) is 2.39. The summed E-state index contributed by atoms with van der Waals surface area (Å²) in [6.45, 7) is 7.49. The van der Waals surface area contributed by atoms with Gasteiger partial charge in [0.2, 0.25) is 11.8 Å². The number of ether oxygens (including phenoxy) is 1. The Kier molecular flexibility index (Phi) is 6.68. The Morgan fingerprint density at radius 2 is 1.86 bits per heavy atom. The van der Waals surface area contributed by atoms with Crippen LogP contribution in [0.5, 0.6) is 5.75 Å². The maximum Gasteiger partial charge on any atom is 0.239 e. The number of hydrogen-bond donors (Lipinski definition) is 2. The van der Waals surface area contributed by atoms with Crippen LogP contribution in [-0.4, -0.2) is 31.0 Å². The second kappa shape index (κ2) is 8.03. The van der Waals surface area contributed by atoms with Gasteiger partial charge < -0.3 is 15.4 Å². The smallest absolute Gasteiger partial charge is 0.239 e. The van der Waals surface area contributed by atoms with Crippen molar-refractivity contribution >= 4 is 23.4 Å². The van der Waals surface area contributed by atoms with E-state index in [0.717, 1.165) is 0 Å². The standard InChI is InChI=1S/C16H23ClN2O3/c1-11(22-13-8-6-5-7-12(13)17)9-18-14(20)10-19-15(21)16(2,3)4/h5-8,11H,9-10H2,1-4H3,(H,18,20)(H,19,21)/t11-/m0/s1. The van der Waals surface area contributed by atoms with Gasteiger partial charge in [-0.2, -0.15) is 0 Å². The average Bonchev–Trinajstić information content (AvgIpc) is 2.44. The average molecular weight is 327 g/mol. The van der Waals surface area contributed by atoms with E-state index >= 15 is 0 Å². The third-order valence-corrected chi connectivity index (χ3v) is 3.15. The Morgan fingerprint density at radius 3 is 2.45 bits per heavy atom. The molecule has 6 heteroatoms. The van der Waals surface area contributed by atoms with Crippen LogP contribution in [0.25, 0.3) is 0 Å². The van der Waals surface area contributed by atoms with Crippen molar-refractivity contribution in [2.24, 2.45) is 5.41 Å². The predicted molar refractivity (Wildman–Crippen MR) is 87.0 cm³/mol. The van der Waals surface area contributed by atoms with Crippen molar-refractivity contribution in [3.63, 3.8) is 0 Å². The molecule has 1 aromatic carbocycles. The van der Waals surface area contributed by atoms with Crippen molar-refractivity contribution in [1.82, 2.24) is 10.6 Å². The molecule has 0 fully saturated rings. The Labute approximate surface area is 136 Å². The van der Waals surface area contributed by atoms with E-state index in [1.54, 1.807) is 32.9 Å². The van der Waals surface area contributed by atoms with Crippen LogP contribution < -0.4 is 15.4 Å². The van der Waals surface area contributed by atoms with Gasteiger partial charge in [0.05, 0.1) is 18.1 Å². The summed E-state index contributed by atoms with van der Waals surface area (Å²) in [4.78, 5) is 23.3. The third kappa shape index (κ3) is 6.35. The molecule has 0 unspecified atom stereocenters. The van der Waals surface area contributed by atoms with Gasteiger partial charge in [-0.25, -0.2) is 0 Å². The van der Waals surface area contributed by atoms with E-state index in [1.807, 2.05) is 19.1 Å². The van der Waals surface area contributed by atoms with E-state index in [9.17, 15) is 9.59 Å². The highest BCUT2D eigenvalue weighted by Gasteiger charge is 2.21. The summed E-state index contributed by atoms with van der Waals surface area (Å²) in [5, 5.41) is 5.83. The van der Waals surface area contributed by atoms with E-state index in [4.69, 9.17) is 16.3 Å². The topological polar surface area (TPSA) is 67.4 Å². The number of carbonyl (C=O) groups is 2. The maximum absolute atomic E-state index is 11.7. The van der Waals surface area contributed by atoms with Crippen LogP contribution in [0.3, 0.4) is 0 Å². The van der Waals surface area contributed by atoms with Crippen molar-refractivity contribution < 1.29 is 14.3 Å². The summed E-state index contributed by atoms with van der Waals surface area (Å²) >= 11 is 6.00. The molecule has 0 aromatic heterocycles. The molecule has 2 N–H and O–H groups in total. The van der Waals surface area contributed by atoms with Gasteiger partial charge in [0.25, 0.3) is 0 Å². The van der Waals surface area contributed by atoms with Crippen LogP contribution in [0.2, 0.25) is 5.02 Å². The lowest BCUT2D eigenvalue weighted by Crippen LogP contribution is -2.43. The fourth-order valence-electron chi connectivity index (χ4n) is 1.54. The molecule has 2 amide bonds. The molecule has 0 aliphatic rings. The van der Waals surface area contributed by atoms with Gasteiger partial charge in [0.15, 0.2) is 0 Å². The molecule has 0 spiro atoms. The minimum atomic E-state index is -0.513. The molecule has 22 heavy (non-hydrogen) atoms. The normalized spacial score (nSPS) is 12.4. The summed E-state index contributed by atoms with van der Waals surface area (Å²) in [5.74, 6) is 0.155. The first kappa shape index (κ1) is 18.3. The van der Waals surface area contributed by atoms with Crippen LogP contribution in [-0.2, 0) is 9.59 Å². The molecule has 122 valence electrons. The molecule has 5 nitrogen and oxygen atoms in total. The Bertz CT molecular complexity index is 526.